The Labute approximate surface area is 302 Å². The van der Waals surface area contributed by atoms with E-state index < -0.39 is 11.9 Å². The number of benzene rings is 3. The molecule has 0 aliphatic carbocycles. The highest BCUT2D eigenvalue weighted by Crippen LogP contribution is 2.43. The highest BCUT2D eigenvalue weighted by Gasteiger charge is 2.27. The molecule has 0 spiro atoms. The Morgan fingerprint density at radius 1 is 1.00 bits per heavy atom. The number of fused-ring (bicyclic) bond motifs is 3. The maximum absolute atomic E-state index is 14.3. The molecular weight excluding hydrogens is 665 g/mol. The Hall–Kier alpha value is -5.36. The van der Waals surface area contributed by atoms with Crippen LogP contribution in [0.25, 0.3) is 21.6 Å². The van der Waals surface area contributed by atoms with E-state index in [0.717, 1.165) is 33.7 Å². The number of aromatic nitrogens is 1. The minimum absolute atomic E-state index is 0.0571. The molecule has 0 unspecified atom stereocenters. The van der Waals surface area contributed by atoms with Gasteiger partial charge in [-0.25, -0.2) is 9.78 Å². The summed E-state index contributed by atoms with van der Waals surface area (Å²) in [5, 5.41) is 8.06. The summed E-state index contributed by atoms with van der Waals surface area (Å²) >= 11 is 1.57. The van der Waals surface area contributed by atoms with Gasteiger partial charge in [0.2, 0.25) is 0 Å². The summed E-state index contributed by atoms with van der Waals surface area (Å²) in [4.78, 5) is 43.9. The van der Waals surface area contributed by atoms with Gasteiger partial charge in [-0.3, -0.25) is 9.59 Å². The van der Waals surface area contributed by atoms with E-state index in [2.05, 4.69) is 28.6 Å². The predicted octanol–water partition coefficient (Wildman–Crippen LogP) is 6.96. The zero-order valence-corrected chi connectivity index (χ0v) is 29.8. The fraction of sp³-hybridized carbons (Fsp3) is 0.250. The zero-order chi connectivity index (χ0) is 36.2. The lowest BCUT2D eigenvalue weighted by atomic mass is 9.93. The van der Waals surface area contributed by atoms with Crippen LogP contribution in [-0.4, -0.2) is 57.1 Å². The second kappa shape index (κ2) is 18.0. The van der Waals surface area contributed by atoms with E-state index in [1.54, 1.807) is 35.6 Å². The zero-order valence-electron chi connectivity index (χ0n) is 29.0. The third-order valence-electron chi connectivity index (χ3n) is 8.21. The summed E-state index contributed by atoms with van der Waals surface area (Å²) in [7, 11) is 3.20. The van der Waals surface area contributed by atoms with E-state index in [1.807, 2.05) is 54.9 Å². The molecule has 1 amide bonds. The SMILES string of the molecule is CCCNC.COC(=O)c1nc(C=O)ccc1-c1cc2c(cc1C(=O)Nc1ccc(CN)cc1OCCc1ccccc1)-c1sccc1CCO2. The first-order valence-electron chi connectivity index (χ1n) is 16.8. The Morgan fingerprint density at radius 2 is 1.82 bits per heavy atom. The summed E-state index contributed by atoms with van der Waals surface area (Å²) < 4.78 is 17.3. The van der Waals surface area contributed by atoms with Crippen LogP contribution in [0.15, 0.2) is 84.2 Å². The van der Waals surface area contributed by atoms with Gasteiger partial charge in [0, 0.05) is 46.5 Å². The number of nitrogens with one attached hydrogen (secondary N) is 2. The Balaban J connectivity index is 0.000000943. The topological polar surface area (TPSA) is 142 Å². The van der Waals surface area contributed by atoms with Gasteiger partial charge in [0.1, 0.15) is 17.2 Å². The van der Waals surface area contributed by atoms with Crippen LogP contribution >= 0.6 is 11.3 Å². The monoisotopic (exact) mass is 706 g/mol. The lowest BCUT2D eigenvalue weighted by molar-refractivity contribution is 0.0594. The number of carbonyl (C=O) groups is 3. The molecule has 1 aliphatic heterocycles. The van der Waals surface area contributed by atoms with Gasteiger partial charge in [-0.1, -0.05) is 43.3 Å². The molecule has 3 heterocycles. The van der Waals surface area contributed by atoms with Crippen molar-refractivity contribution >= 4 is 35.2 Å². The standard InChI is InChI=1S/C36H31N3O6S.C4H11N/c1-43-36(42)33-26(9-8-25(21-40)38-33)27-19-31-29(34-24(12-15-44-31)13-16-46-34)18-28(27)35(41)39-30-10-7-23(20-37)17-32(30)45-14-11-22-5-3-2-4-6-22;1-3-4-5-2/h2-10,13,16-19,21H,11-12,14-15,20,37H2,1H3,(H,39,41);5H,3-4H2,1-2H3. The molecule has 3 aromatic carbocycles. The van der Waals surface area contributed by atoms with Crippen LogP contribution in [0.5, 0.6) is 11.5 Å². The number of ether oxygens (including phenoxy) is 3. The van der Waals surface area contributed by atoms with Gasteiger partial charge in [-0.2, -0.15) is 0 Å². The number of hydrogen-bond donors (Lipinski definition) is 3. The van der Waals surface area contributed by atoms with Crippen molar-refractivity contribution in [2.45, 2.75) is 32.7 Å². The molecule has 2 aromatic heterocycles. The van der Waals surface area contributed by atoms with Gasteiger partial charge >= 0.3 is 5.97 Å². The molecule has 6 rings (SSSR count). The van der Waals surface area contributed by atoms with Crippen LogP contribution in [0.2, 0.25) is 0 Å². The molecule has 51 heavy (non-hydrogen) atoms. The number of esters is 1. The van der Waals surface area contributed by atoms with Gasteiger partial charge in [0.15, 0.2) is 12.0 Å². The highest BCUT2D eigenvalue weighted by molar-refractivity contribution is 7.13. The number of anilines is 1. The second-order valence-corrected chi connectivity index (χ2v) is 12.6. The van der Waals surface area contributed by atoms with Crippen molar-refractivity contribution in [3.8, 4) is 33.1 Å². The number of amides is 1. The first kappa shape index (κ1) is 36.9. The number of thiophene rings is 1. The Bertz CT molecular complexity index is 1980. The Kier molecular flexibility index (Phi) is 13.1. The molecule has 0 atom stereocenters. The summed E-state index contributed by atoms with van der Waals surface area (Å²) in [5.41, 5.74) is 11.2. The molecule has 4 N–H and O–H groups in total. The molecule has 11 heteroatoms. The van der Waals surface area contributed by atoms with Crippen molar-refractivity contribution in [1.29, 1.82) is 0 Å². The van der Waals surface area contributed by atoms with Crippen LogP contribution in [0.3, 0.4) is 0 Å². The number of nitrogens with zero attached hydrogens (tertiary/aromatic N) is 1. The molecule has 1 aliphatic rings. The van der Waals surface area contributed by atoms with Gasteiger partial charge in [-0.05, 0) is 84.5 Å². The van der Waals surface area contributed by atoms with Crippen molar-refractivity contribution in [3.05, 3.63) is 118 Å². The molecule has 5 aromatic rings. The highest BCUT2D eigenvalue weighted by atomic mass is 32.1. The van der Waals surface area contributed by atoms with Gasteiger partial charge in [0.05, 0.1) is 26.0 Å². The van der Waals surface area contributed by atoms with E-state index in [-0.39, 0.29) is 17.0 Å². The maximum Gasteiger partial charge on any atom is 0.357 e. The van der Waals surface area contributed by atoms with Gasteiger partial charge < -0.3 is 30.6 Å². The molecule has 264 valence electrons. The van der Waals surface area contributed by atoms with Crippen LogP contribution in [0.4, 0.5) is 5.69 Å². The van der Waals surface area contributed by atoms with Crippen LogP contribution in [0.1, 0.15) is 61.4 Å². The number of aldehydes is 1. The van der Waals surface area contributed by atoms with Gasteiger partial charge in [0.25, 0.3) is 5.91 Å². The number of rotatable bonds is 12. The lowest BCUT2D eigenvalue weighted by Gasteiger charge is -2.18. The summed E-state index contributed by atoms with van der Waals surface area (Å²) in [6.45, 7) is 4.43. The molecule has 0 bridgehead atoms. The minimum atomic E-state index is -0.743. The fourth-order valence-corrected chi connectivity index (χ4v) is 6.59. The van der Waals surface area contributed by atoms with Crippen molar-refractivity contribution in [3.63, 3.8) is 0 Å². The normalized spacial score (nSPS) is 11.5. The third-order valence-corrected chi connectivity index (χ3v) is 9.20. The van der Waals surface area contributed by atoms with Crippen molar-refractivity contribution in [2.75, 3.05) is 39.2 Å². The minimum Gasteiger partial charge on any atom is -0.493 e. The quantitative estimate of drug-likeness (QED) is 0.0927. The molecule has 0 fully saturated rings. The van der Waals surface area contributed by atoms with E-state index in [9.17, 15) is 14.4 Å². The van der Waals surface area contributed by atoms with Gasteiger partial charge in [-0.15, -0.1) is 11.3 Å². The molecule has 0 saturated heterocycles. The average molecular weight is 707 g/mol. The maximum atomic E-state index is 14.3. The fourth-order valence-electron chi connectivity index (χ4n) is 5.62. The average Bonchev–Trinajstić information content (AvgIpc) is 3.56. The van der Waals surface area contributed by atoms with E-state index in [0.29, 0.717) is 67.2 Å². The van der Waals surface area contributed by atoms with Crippen molar-refractivity contribution in [2.24, 2.45) is 5.73 Å². The molecule has 10 nitrogen and oxygen atoms in total. The summed E-state index contributed by atoms with van der Waals surface area (Å²) in [6.07, 6.45) is 3.17. The molecule has 0 radical (unpaired) electrons. The number of hydrogen-bond acceptors (Lipinski definition) is 10. The summed E-state index contributed by atoms with van der Waals surface area (Å²) in [5.74, 6) is -0.128. The van der Waals surface area contributed by atoms with Crippen LogP contribution in [0, 0.1) is 0 Å². The Morgan fingerprint density at radius 3 is 2.53 bits per heavy atom. The first-order chi connectivity index (χ1) is 24.9. The molecular formula is C40H42N4O6S. The first-order valence-corrected chi connectivity index (χ1v) is 17.7. The van der Waals surface area contributed by atoms with Crippen LogP contribution < -0.4 is 25.8 Å². The predicted molar refractivity (Wildman–Crippen MR) is 201 cm³/mol. The summed E-state index contributed by atoms with van der Waals surface area (Å²) in [6, 6.07) is 24.1. The number of pyridine rings is 1. The van der Waals surface area contributed by atoms with E-state index >= 15 is 0 Å². The van der Waals surface area contributed by atoms with Crippen LogP contribution in [-0.2, 0) is 24.1 Å². The molecule has 0 saturated carbocycles. The van der Waals surface area contributed by atoms with E-state index in [1.165, 1.54) is 19.6 Å². The largest absolute Gasteiger partial charge is 0.493 e. The lowest BCUT2D eigenvalue weighted by Crippen LogP contribution is -2.16. The second-order valence-electron chi connectivity index (χ2n) is 11.7. The van der Waals surface area contributed by atoms with Crippen molar-refractivity contribution in [1.82, 2.24) is 10.3 Å². The van der Waals surface area contributed by atoms with E-state index in [4.69, 9.17) is 19.9 Å². The smallest absolute Gasteiger partial charge is 0.357 e. The number of nitrogens with two attached hydrogens (primary N) is 1. The number of methoxy groups -OCH3 is 1. The third kappa shape index (κ3) is 9.06. The number of carbonyl (C=O) groups excluding carboxylic acids is 3. The van der Waals surface area contributed by atoms with Crippen molar-refractivity contribution < 1.29 is 28.6 Å².